The SMILES string of the molecule is Cc1nc2ccccc2n1CCNC(=O)CN1C(=O)N[C@]2(CCCC[C@@H]2C)C1=O. The summed E-state index contributed by atoms with van der Waals surface area (Å²) in [6.45, 7) is 4.64. The van der Waals surface area contributed by atoms with Gasteiger partial charge in [0, 0.05) is 13.1 Å². The molecule has 1 saturated heterocycles. The summed E-state index contributed by atoms with van der Waals surface area (Å²) in [5, 5.41) is 5.70. The number of benzene rings is 1. The van der Waals surface area contributed by atoms with Gasteiger partial charge >= 0.3 is 6.03 Å². The molecule has 1 aromatic heterocycles. The maximum atomic E-state index is 12.9. The summed E-state index contributed by atoms with van der Waals surface area (Å²) in [6, 6.07) is 7.39. The number of rotatable bonds is 5. The van der Waals surface area contributed by atoms with Crippen LogP contribution in [0.5, 0.6) is 0 Å². The van der Waals surface area contributed by atoms with E-state index in [2.05, 4.69) is 15.6 Å². The average molecular weight is 397 g/mol. The average Bonchev–Trinajstić information content (AvgIpc) is 3.13. The molecule has 4 rings (SSSR count). The van der Waals surface area contributed by atoms with E-state index >= 15 is 0 Å². The van der Waals surface area contributed by atoms with Crippen LogP contribution in [0.25, 0.3) is 11.0 Å². The Morgan fingerprint density at radius 3 is 2.90 bits per heavy atom. The van der Waals surface area contributed by atoms with Gasteiger partial charge in [0.2, 0.25) is 5.91 Å². The van der Waals surface area contributed by atoms with Crippen molar-refractivity contribution in [3.8, 4) is 0 Å². The Bertz CT molecular complexity index is 968. The molecule has 2 aliphatic rings. The van der Waals surface area contributed by atoms with Crippen molar-refractivity contribution >= 4 is 28.9 Å². The maximum absolute atomic E-state index is 12.9. The van der Waals surface area contributed by atoms with Gasteiger partial charge in [0.1, 0.15) is 17.9 Å². The Balaban J connectivity index is 1.36. The molecule has 0 unspecified atom stereocenters. The fourth-order valence-corrected chi connectivity index (χ4v) is 4.62. The lowest BCUT2D eigenvalue weighted by Gasteiger charge is -2.36. The van der Waals surface area contributed by atoms with Crippen LogP contribution in [0.3, 0.4) is 0 Å². The number of imide groups is 1. The maximum Gasteiger partial charge on any atom is 0.325 e. The Hall–Kier alpha value is -2.90. The topological polar surface area (TPSA) is 96.3 Å². The number of nitrogens with zero attached hydrogens (tertiary/aromatic N) is 3. The number of fused-ring (bicyclic) bond motifs is 1. The highest BCUT2D eigenvalue weighted by Crippen LogP contribution is 2.38. The van der Waals surface area contributed by atoms with Gasteiger partial charge in [0.15, 0.2) is 0 Å². The van der Waals surface area contributed by atoms with E-state index in [9.17, 15) is 14.4 Å². The number of nitrogens with one attached hydrogen (secondary N) is 2. The molecule has 1 saturated carbocycles. The standard InChI is InChI=1S/C21H27N5O3/c1-14-7-5-6-10-21(14)19(28)26(20(29)24-21)13-18(27)22-11-12-25-15(2)23-16-8-3-4-9-17(16)25/h3-4,8-9,14H,5-7,10-13H2,1-2H3,(H,22,27)(H,24,29)/t14-,21-/m0/s1. The molecule has 154 valence electrons. The summed E-state index contributed by atoms with van der Waals surface area (Å²) in [5.41, 5.74) is 1.10. The number of urea groups is 1. The number of amides is 4. The number of aryl methyl sites for hydroxylation is 1. The predicted molar refractivity (Wildman–Crippen MR) is 108 cm³/mol. The van der Waals surface area contributed by atoms with Gasteiger partial charge < -0.3 is 15.2 Å². The van der Waals surface area contributed by atoms with Crippen molar-refractivity contribution < 1.29 is 14.4 Å². The molecule has 29 heavy (non-hydrogen) atoms. The van der Waals surface area contributed by atoms with E-state index in [4.69, 9.17) is 0 Å². The van der Waals surface area contributed by atoms with Crippen molar-refractivity contribution in [2.24, 2.45) is 5.92 Å². The van der Waals surface area contributed by atoms with Crippen molar-refractivity contribution in [1.82, 2.24) is 25.1 Å². The third-order valence-corrected chi connectivity index (χ3v) is 6.31. The van der Waals surface area contributed by atoms with Crippen molar-refractivity contribution in [2.75, 3.05) is 13.1 Å². The zero-order valence-corrected chi connectivity index (χ0v) is 16.9. The molecule has 1 aliphatic heterocycles. The van der Waals surface area contributed by atoms with Gasteiger partial charge in [0.25, 0.3) is 5.91 Å². The molecule has 1 aromatic carbocycles. The molecule has 2 atom stereocenters. The zero-order chi connectivity index (χ0) is 20.6. The monoisotopic (exact) mass is 397 g/mol. The second kappa shape index (κ2) is 7.50. The zero-order valence-electron chi connectivity index (χ0n) is 16.9. The van der Waals surface area contributed by atoms with Crippen molar-refractivity contribution in [3.63, 3.8) is 0 Å². The first-order chi connectivity index (χ1) is 13.9. The summed E-state index contributed by atoms with van der Waals surface area (Å²) in [6.07, 6.45) is 3.53. The number of hydrogen-bond donors (Lipinski definition) is 2. The molecule has 2 fully saturated rings. The molecule has 4 amide bonds. The molecular formula is C21H27N5O3. The smallest absolute Gasteiger partial charge is 0.325 e. The molecule has 0 bridgehead atoms. The van der Waals surface area contributed by atoms with Crippen LogP contribution in [0.2, 0.25) is 0 Å². The molecule has 1 spiro atoms. The lowest BCUT2D eigenvalue weighted by atomic mass is 9.73. The Morgan fingerprint density at radius 2 is 2.10 bits per heavy atom. The van der Waals surface area contributed by atoms with Gasteiger partial charge in [-0.3, -0.25) is 14.5 Å². The van der Waals surface area contributed by atoms with E-state index in [0.717, 1.165) is 41.0 Å². The minimum atomic E-state index is -0.831. The van der Waals surface area contributed by atoms with Gasteiger partial charge in [-0.15, -0.1) is 0 Å². The highest BCUT2D eigenvalue weighted by Gasteiger charge is 2.55. The first-order valence-corrected chi connectivity index (χ1v) is 10.2. The molecule has 2 aromatic rings. The number of carbonyl (C=O) groups excluding carboxylic acids is 3. The van der Waals surface area contributed by atoms with Gasteiger partial charge in [-0.2, -0.15) is 0 Å². The largest absolute Gasteiger partial charge is 0.353 e. The summed E-state index contributed by atoms with van der Waals surface area (Å²) in [7, 11) is 0. The van der Waals surface area contributed by atoms with Crippen molar-refractivity contribution in [2.45, 2.75) is 51.6 Å². The summed E-state index contributed by atoms with van der Waals surface area (Å²) in [5.74, 6) is 0.360. The van der Waals surface area contributed by atoms with Gasteiger partial charge in [0.05, 0.1) is 11.0 Å². The van der Waals surface area contributed by atoms with E-state index in [1.165, 1.54) is 0 Å². The lowest BCUT2D eigenvalue weighted by Crippen LogP contribution is -2.54. The van der Waals surface area contributed by atoms with Crippen LogP contribution in [0.4, 0.5) is 4.79 Å². The Labute approximate surface area is 169 Å². The number of imidazole rings is 1. The van der Waals surface area contributed by atoms with Gasteiger partial charge in [-0.25, -0.2) is 9.78 Å². The van der Waals surface area contributed by atoms with Crippen LogP contribution in [0, 0.1) is 12.8 Å². The first-order valence-electron chi connectivity index (χ1n) is 10.2. The predicted octanol–water partition coefficient (Wildman–Crippen LogP) is 1.96. The first kappa shape index (κ1) is 19.4. The van der Waals surface area contributed by atoms with Crippen molar-refractivity contribution in [3.05, 3.63) is 30.1 Å². The van der Waals surface area contributed by atoms with Gasteiger partial charge in [-0.05, 0) is 37.8 Å². The van der Waals surface area contributed by atoms with E-state index in [1.54, 1.807) is 0 Å². The summed E-state index contributed by atoms with van der Waals surface area (Å²) in [4.78, 5) is 43.3. The number of para-hydroxylation sites is 2. The van der Waals surface area contributed by atoms with Crippen LogP contribution in [0.15, 0.2) is 24.3 Å². The highest BCUT2D eigenvalue weighted by atomic mass is 16.2. The van der Waals surface area contributed by atoms with Gasteiger partial charge in [-0.1, -0.05) is 31.9 Å². The Kier molecular flexibility index (Phi) is 5.02. The second-order valence-electron chi connectivity index (χ2n) is 8.09. The molecule has 2 N–H and O–H groups in total. The van der Waals surface area contributed by atoms with Crippen LogP contribution in [0.1, 0.15) is 38.4 Å². The number of aromatic nitrogens is 2. The van der Waals surface area contributed by atoms with Crippen molar-refractivity contribution in [1.29, 1.82) is 0 Å². The highest BCUT2D eigenvalue weighted by molar-refractivity contribution is 6.09. The third-order valence-electron chi connectivity index (χ3n) is 6.31. The fraction of sp³-hybridized carbons (Fsp3) is 0.524. The fourth-order valence-electron chi connectivity index (χ4n) is 4.62. The van der Waals surface area contributed by atoms with E-state index in [0.29, 0.717) is 19.5 Å². The molecule has 8 nitrogen and oxygen atoms in total. The van der Waals surface area contributed by atoms with Crippen LogP contribution in [-0.4, -0.2) is 50.9 Å². The molecule has 0 radical (unpaired) electrons. The Morgan fingerprint density at radius 1 is 1.31 bits per heavy atom. The van der Waals surface area contributed by atoms with E-state index in [-0.39, 0.29) is 24.3 Å². The molecule has 8 heteroatoms. The second-order valence-corrected chi connectivity index (χ2v) is 8.09. The third kappa shape index (κ3) is 3.36. The van der Waals surface area contributed by atoms with Crippen LogP contribution in [-0.2, 0) is 16.1 Å². The minimum Gasteiger partial charge on any atom is -0.353 e. The number of hydrogen-bond acceptors (Lipinski definition) is 4. The quantitative estimate of drug-likeness (QED) is 0.754. The lowest BCUT2D eigenvalue weighted by molar-refractivity contribution is -0.137. The molecular weight excluding hydrogens is 370 g/mol. The van der Waals surface area contributed by atoms with Crippen LogP contribution < -0.4 is 10.6 Å². The normalized spacial score (nSPS) is 24.3. The summed E-state index contributed by atoms with van der Waals surface area (Å²) >= 11 is 0. The number of carbonyl (C=O) groups is 3. The van der Waals surface area contributed by atoms with E-state index in [1.807, 2.05) is 42.7 Å². The molecule has 2 heterocycles. The molecule has 1 aliphatic carbocycles. The van der Waals surface area contributed by atoms with E-state index < -0.39 is 11.6 Å². The summed E-state index contributed by atoms with van der Waals surface area (Å²) < 4.78 is 2.04. The minimum absolute atomic E-state index is 0.0817. The van der Waals surface area contributed by atoms with Crippen LogP contribution >= 0.6 is 0 Å².